The lowest BCUT2D eigenvalue weighted by molar-refractivity contribution is -0.355. The van der Waals surface area contributed by atoms with Crippen LogP contribution in [0.3, 0.4) is 0 Å². The van der Waals surface area contributed by atoms with Crippen molar-refractivity contribution in [3.63, 3.8) is 0 Å². The molecule has 158 valence electrons. The summed E-state index contributed by atoms with van der Waals surface area (Å²) < 4.78 is 87.7. The van der Waals surface area contributed by atoms with Crippen LogP contribution in [-0.4, -0.2) is 21.9 Å². The zero-order valence-corrected chi connectivity index (χ0v) is 17.5. The van der Waals surface area contributed by atoms with Crippen molar-refractivity contribution >= 4 is 22.6 Å². The molecule has 0 aliphatic rings. The van der Waals surface area contributed by atoms with Crippen LogP contribution < -0.4 is 0 Å². The average molecular weight is 506 g/mol. The second-order valence-corrected chi connectivity index (χ2v) is 8.66. The Morgan fingerprint density at radius 3 is 1.42 bits per heavy atom. The first-order valence-corrected chi connectivity index (χ1v) is 10.7. The fraction of sp³-hybridized carbons (Fsp3) is 1.00. The number of unbranched alkanes of at least 4 members (excludes halogenated alkanes) is 10. The van der Waals surface area contributed by atoms with Crippen LogP contribution in [0.5, 0.6) is 0 Å². The van der Waals surface area contributed by atoms with Gasteiger partial charge >= 0.3 is 18.0 Å². The van der Waals surface area contributed by atoms with E-state index in [1.54, 1.807) is 22.6 Å². The van der Waals surface area contributed by atoms with Crippen molar-refractivity contribution in [2.75, 3.05) is 0 Å². The number of hydrogen-bond acceptors (Lipinski definition) is 0. The van der Waals surface area contributed by atoms with Crippen LogP contribution in [0.2, 0.25) is 0 Å². The minimum atomic E-state index is -6.23. The van der Waals surface area contributed by atoms with E-state index in [4.69, 9.17) is 0 Å². The molecule has 1 atom stereocenters. The Balaban J connectivity index is 3.82. The van der Waals surface area contributed by atoms with Crippen molar-refractivity contribution in [1.29, 1.82) is 0 Å². The molecule has 0 aromatic carbocycles. The maximum absolute atomic E-state index is 13.3. The van der Waals surface area contributed by atoms with Gasteiger partial charge in [-0.1, -0.05) is 100 Å². The van der Waals surface area contributed by atoms with Gasteiger partial charge in [0.2, 0.25) is 0 Å². The van der Waals surface area contributed by atoms with E-state index in [1.807, 2.05) is 0 Å². The summed E-state index contributed by atoms with van der Waals surface area (Å²) in [5.41, 5.74) is 0. The number of hydrogen-bond donors (Lipinski definition) is 0. The highest BCUT2D eigenvalue weighted by Gasteiger charge is 2.72. The average Bonchev–Trinajstić information content (AvgIpc) is 2.50. The Labute approximate surface area is 165 Å². The highest BCUT2D eigenvalue weighted by molar-refractivity contribution is 14.1. The molecule has 0 radical (unpaired) electrons. The van der Waals surface area contributed by atoms with E-state index in [2.05, 4.69) is 6.92 Å². The Morgan fingerprint density at radius 1 is 0.654 bits per heavy atom. The highest BCUT2D eigenvalue weighted by Crippen LogP contribution is 2.49. The van der Waals surface area contributed by atoms with Crippen molar-refractivity contribution in [3.8, 4) is 0 Å². The van der Waals surface area contributed by atoms with Crippen LogP contribution in [0.15, 0.2) is 0 Å². The molecule has 0 amide bonds. The molecule has 0 saturated heterocycles. The summed E-state index contributed by atoms with van der Waals surface area (Å²) in [5.74, 6) is -11.1. The predicted octanol–water partition coefficient (Wildman–Crippen LogP) is 8.71. The Hall–Kier alpha value is 0.240. The van der Waals surface area contributed by atoms with Crippen molar-refractivity contribution < 1.29 is 30.7 Å². The number of rotatable bonds is 15. The van der Waals surface area contributed by atoms with Gasteiger partial charge in [0.1, 0.15) is 0 Å². The molecule has 0 nitrogen and oxygen atoms in total. The van der Waals surface area contributed by atoms with Crippen molar-refractivity contribution in [1.82, 2.24) is 0 Å². The first-order chi connectivity index (χ1) is 12.0. The third-order valence-electron chi connectivity index (χ3n) is 4.41. The fourth-order valence-corrected chi connectivity index (χ4v) is 3.74. The first-order valence-electron chi connectivity index (χ1n) is 9.42. The minimum absolute atomic E-state index is 0.223. The van der Waals surface area contributed by atoms with Gasteiger partial charge in [0, 0.05) is 10.3 Å². The molecule has 0 aliphatic heterocycles. The standard InChI is InChI=1S/C18H30F7I/c1-2-3-4-5-6-7-8-9-10-11-12-13-15(26)14-16(19,20)17(21,22)18(23,24)25/h15H,2-14H2,1H3. The zero-order valence-electron chi connectivity index (χ0n) is 15.3. The topological polar surface area (TPSA) is 0 Å². The fourth-order valence-electron chi connectivity index (χ4n) is 2.75. The molecular weight excluding hydrogens is 476 g/mol. The van der Waals surface area contributed by atoms with Crippen molar-refractivity contribution in [2.45, 2.75) is 112 Å². The Morgan fingerprint density at radius 2 is 1.04 bits per heavy atom. The van der Waals surface area contributed by atoms with E-state index in [1.165, 1.54) is 38.5 Å². The maximum atomic E-state index is 13.3. The van der Waals surface area contributed by atoms with Crippen LogP contribution >= 0.6 is 22.6 Å². The second-order valence-electron chi connectivity index (χ2n) is 6.90. The lowest BCUT2D eigenvalue weighted by Crippen LogP contribution is -2.52. The highest BCUT2D eigenvalue weighted by atomic mass is 127. The third-order valence-corrected chi connectivity index (χ3v) is 5.48. The van der Waals surface area contributed by atoms with Crippen molar-refractivity contribution in [3.05, 3.63) is 0 Å². The second kappa shape index (κ2) is 12.6. The SMILES string of the molecule is CCCCCCCCCCCCCC(I)CC(F)(F)C(F)(F)C(F)(F)F. The molecular formula is C18H30F7I. The van der Waals surface area contributed by atoms with Crippen LogP contribution in [-0.2, 0) is 0 Å². The molecule has 0 aliphatic carbocycles. The molecule has 8 heteroatoms. The zero-order chi connectivity index (χ0) is 20.3. The van der Waals surface area contributed by atoms with Gasteiger partial charge in [0.05, 0.1) is 0 Å². The molecule has 1 unspecified atom stereocenters. The lowest BCUT2D eigenvalue weighted by atomic mass is 10.0. The smallest absolute Gasteiger partial charge is 0.199 e. The number of alkyl halides is 8. The summed E-state index contributed by atoms with van der Waals surface area (Å²) in [6.45, 7) is 2.17. The lowest BCUT2D eigenvalue weighted by Gasteiger charge is -2.29. The van der Waals surface area contributed by atoms with Gasteiger partial charge in [-0.25, -0.2) is 0 Å². The van der Waals surface area contributed by atoms with E-state index in [-0.39, 0.29) is 6.42 Å². The molecule has 0 aromatic rings. The monoisotopic (exact) mass is 506 g/mol. The molecule has 0 spiro atoms. The molecule has 0 bridgehead atoms. The predicted molar refractivity (Wildman–Crippen MR) is 99.5 cm³/mol. The molecule has 0 rings (SSSR count). The van der Waals surface area contributed by atoms with E-state index in [0.717, 1.165) is 25.7 Å². The summed E-state index contributed by atoms with van der Waals surface area (Å²) >= 11 is 1.54. The van der Waals surface area contributed by atoms with Gasteiger partial charge in [0.15, 0.2) is 0 Å². The summed E-state index contributed by atoms with van der Waals surface area (Å²) in [7, 11) is 0. The van der Waals surface area contributed by atoms with Gasteiger partial charge in [-0.05, 0) is 6.42 Å². The summed E-state index contributed by atoms with van der Waals surface area (Å²) in [5, 5.41) is 0. The van der Waals surface area contributed by atoms with Crippen LogP contribution in [0.25, 0.3) is 0 Å². The van der Waals surface area contributed by atoms with Crippen LogP contribution in [0, 0.1) is 0 Å². The molecule has 0 N–H and O–H groups in total. The van der Waals surface area contributed by atoms with Crippen molar-refractivity contribution in [2.24, 2.45) is 0 Å². The largest absolute Gasteiger partial charge is 0.459 e. The quantitative estimate of drug-likeness (QED) is 0.0902. The Kier molecular flexibility index (Phi) is 12.8. The van der Waals surface area contributed by atoms with E-state index in [0.29, 0.717) is 6.42 Å². The van der Waals surface area contributed by atoms with Gasteiger partial charge in [0.25, 0.3) is 0 Å². The van der Waals surface area contributed by atoms with Crippen LogP contribution in [0.4, 0.5) is 30.7 Å². The molecule has 0 heterocycles. The first kappa shape index (κ1) is 26.2. The number of halogens is 8. The van der Waals surface area contributed by atoms with Gasteiger partial charge < -0.3 is 0 Å². The van der Waals surface area contributed by atoms with Gasteiger partial charge in [-0.2, -0.15) is 30.7 Å². The van der Waals surface area contributed by atoms with E-state index < -0.39 is 28.4 Å². The third kappa shape index (κ3) is 9.97. The van der Waals surface area contributed by atoms with Crippen LogP contribution in [0.1, 0.15) is 90.4 Å². The van der Waals surface area contributed by atoms with Gasteiger partial charge in [-0.15, -0.1) is 0 Å². The summed E-state index contributed by atoms with van der Waals surface area (Å²) in [6, 6.07) is 0. The minimum Gasteiger partial charge on any atom is -0.199 e. The molecule has 0 fully saturated rings. The Bertz CT molecular complexity index is 356. The normalized spacial score (nSPS) is 14.7. The molecule has 0 saturated carbocycles. The molecule has 26 heavy (non-hydrogen) atoms. The summed E-state index contributed by atoms with van der Waals surface area (Å²) in [6.07, 6.45) is 4.40. The van der Waals surface area contributed by atoms with Gasteiger partial charge in [-0.3, -0.25) is 0 Å². The van der Waals surface area contributed by atoms with E-state index in [9.17, 15) is 30.7 Å². The van der Waals surface area contributed by atoms with E-state index >= 15 is 0 Å². The maximum Gasteiger partial charge on any atom is 0.459 e. The molecule has 0 aromatic heterocycles. The summed E-state index contributed by atoms with van der Waals surface area (Å²) in [4.78, 5) is 0.